The molecule has 0 radical (unpaired) electrons. The van der Waals surface area contributed by atoms with Crippen molar-refractivity contribution in [2.75, 3.05) is 0 Å². The average molecular weight is 664 g/mol. The van der Waals surface area contributed by atoms with Crippen LogP contribution < -0.4 is 0 Å². The molecule has 0 bridgehead atoms. The molecule has 0 aliphatic carbocycles. The topological polar surface area (TPSA) is 74.6 Å². The van der Waals surface area contributed by atoms with Gasteiger partial charge in [-0.1, -0.05) is 194 Å². The van der Waals surface area contributed by atoms with Gasteiger partial charge in [0.05, 0.1) is 0 Å². The second kappa shape index (κ2) is 45.5. The molecule has 0 spiro atoms. The first-order valence-electron chi connectivity index (χ1n) is 18.0. The van der Waals surface area contributed by atoms with Gasteiger partial charge in [-0.2, -0.15) is 0 Å². The molecule has 248 valence electrons. The van der Waals surface area contributed by atoms with Crippen LogP contribution in [-0.2, 0) is 29.1 Å². The number of aliphatic carboxylic acids is 2. The Hall–Kier alpha value is 0.0958. The summed E-state index contributed by atoms with van der Waals surface area (Å²) in [6.07, 6.45) is 40.4. The minimum Gasteiger partial charge on any atom is -0.481 e. The maximum Gasteiger partial charge on any atom is 0.303 e. The molecule has 4 nitrogen and oxygen atoms in total. The van der Waals surface area contributed by atoms with Crippen LogP contribution in [-0.4, -0.2) is 39.5 Å². The van der Waals surface area contributed by atoms with Crippen molar-refractivity contribution in [2.24, 2.45) is 0 Å². The van der Waals surface area contributed by atoms with E-state index in [1.54, 1.807) is 0 Å². The molecule has 2 N–H and O–H groups in total. The van der Waals surface area contributed by atoms with E-state index >= 15 is 0 Å². The van der Waals surface area contributed by atoms with Crippen LogP contribution in [0.15, 0.2) is 0 Å². The van der Waals surface area contributed by atoms with E-state index in [1.807, 2.05) is 0 Å². The molecule has 0 unspecified atom stereocenters. The third kappa shape index (κ3) is 52.7. The van der Waals surface area contributed by atoms with Crippen LogP contribution in [0.25, 0.3) is 0 Å². The normalized spacial score (nSPS) is 10.3. The number of rotatable bonds is 32. The van der Waals surface area contributed by atoms with Gasteiger partial charge in [0.15, 0.2) is 17.4 Å². The molecular formula is C36H75AlO4Zn. The zero-order valence-electron chi connectivity index (χ0n) is 28.0. The van der Waals surface area contributed by atoms with Crippen molar-refractivity contribution in [3.8, 4) is 0 Å². The molecular weight excluding hydrogens is 589 g/mol. The summed E-state index contributed by atoms with van der Waals surface area (Å²) in [5.74, 6) is -1.31. The van der Waals surface area contributed by atoms with E-state index in [9.17, 15) is 9.59 Å². The van der Waals surface area contributed by atoms with Gasteiger partial charge in [0.25, 0.3) is 0 Å². The Morgan fingerprint density at radius 2 is 0.476 bits per heavy atom. The van der Waals surface area contributed by atoms with E-state index < -0.39 is 11.9 Å². The SMILES string of the molecule is CCCCCCCCCCCCCCCCCC(=O)O.CCCCCCCCCCCCCCCCCC(=O)O.[AlH3].[Zn]. The first kappa shape index (κ1) is 49.0. The number of carboxylic acid groups (broad SMARTS) is 2. The molecule has 0 aliphatic heterocycles. The molecule has 0 saturated carbocycles. The van der Waals surface area contributed by atoms with E-state index in [4.69, 9.17) is 10.2 Å². The third-order valence-electron chi connectivity index (χ3n) is 7.99. The zero-order valence-corrected chi connectivity index (χ0v) is 31.0. The Morgan fingerprint density at radius 3 is 0.619 bits per heavy atom. The summed E-state index contributed by atoms with van der Waals surface area (Å²) < 4.78 is 0. The second-order valence-corrected chi connectivity index (χ2v) is 12.2. The van der Waals surface area contributed by atoms with Crippen LogP contribution in [0.2, 0.25) is 0 Å². The molecule has 0 aromatic carbocycles. The number of carboxylic acids is 2. The van der Waals surface area contributed by atoms with Gasteiger partial charge >= 0.3 is 11.9 Å². The van der Waals surface area contributed by atoms with Crippen molar-refractivity contribution >= 4 is 29.3 Å². The fraction of sp³-hybridized carbons (Fsp3) is 0.944. The van der Waals surface area contributed by atoms with E-state index in [0.717, 1.165) is 25.7 Å². The second-order valence-electron chi connectivity index (χ2n) is 12.2. The van der Waals surface area contributed by atoms with Crippen molar-refractivity contribution in [3.63, 3.8) is 0 Å². The molecule has 6 heteroatoms. The molecule has 42 heavy (non-hydrogen) atoms. The van der Waals surface area contributed by atoms with Crippen LogP contribution in [0, 0.1) is 0 Å². The van der Waals surface area contributed by atoms with Gasteiger partial charge in [-0.05, 0) is 12.8 Å². The summed E-state index contributed by atoms with van der Waals surface area (Å²) in [5, 5.41) is 17.0. The summed E-state index contributed by atoms with van der Waals surface area (Å²) in [6, 6.07) is 0. The van der Waals surface area contributed by atoms with Crippen LogP contribution >= 0.6 is 0 Å². The number of unbranched alkanes of at least 4 members (excludes halogenated alkanes) is 28. The Labute approximate surface area is 286 Å². The Kier molecular flexibility index (Phi) is 53.1. The fourth-order valence-corrected chi connectivity index (χ4v) is 5.30. The Morgan fingerprint density at radius 1 is 0.333 bits per heavy atom. The zero-order chi connectivity index (χ0) is 29.8. The summed E-state index contributed by atoms with van der Waals surface area (Å²) in [4.78, 5) is 20.7. The monoisotopic (exact) mass is 662 g/mol. The molecule has 0 rings (SSSR count). The molecule has 0 aromatic heterocycles. The predicted molar refractivity (Wildman–Crippen MR) is 184 cm³/mol. The molecule has 0 heterocycles. The van der Waals surface area contributed by atoms with Crippen molar-refractivity contribution in [1.29, 1.82) is 0 Å². The van der Waals surface area contributed by atoms with Crippen molar-refractivity contribution in [2.45, 2.75) is 219 Å². The Bertz CT molecular complexity index is 461. The molecule has 0 atom stereocenters. The first-order chi connectivity index (χ1) is 19.5. The van der Waals surface area contributed by atoms with E-state index in [2.05, 4.69) is 13.8 Å². The number of carbonyl (C=O) groups is 2. The summed E-state index contributed by atoms with van der Waals surface area (Å²) in [7, 11) is 0. The molecule has 0 aromatic rings. The standard InChI is InChI=1S/2C18H36O2.Al.Zn.3H/c2*1-2-3-4-5-6-7-8-9-10-11-12-13-14-15-16-17-18(19)20;;;;;/h2*2-17H2,1H3,(H,19,20);;;;;. The molecule has 0 aliphatic rings. The summed E-state index contributed by atoms with van der Waals surface area (Å²) in [5.41, 5.74) is 0. The predicted octanol–water partition coefficient (Wildman–Crippen LogP) is 11.5. The number of hydrogen-bond acceptors (Lipinski definition) is 2. The van der Waals surface area contributed by atoms with E-state index in [-0.39, 0.29) is 36.8 Å². The third-order valence-corrected chi connectivity index (χ3v) is 7.99. The van der Waals surface area contributed by atoms with Gasteiger partial charge in [-0.15, -0.1) is 0 Å². The number of hydrogen-bond donors (Lipinski definition) is 2. The minimum atomic E-state index is -0.653. The molecule has 0 fully saturated rings. The van der Waals surface area contributed by atoms with Crippen molar-refractivity contribution in [3.05, 3.63) is 0 Å². The summed E-state index contributed by atoms with van der Waals surface area (Å²) >= 11 is 0. The van der Waals surface area contributed by atoms with Gasteiger partial charge < -0.3 is 10.2 Å². The maximum atomic E-state index is 10.3. The van der Waals surface area contributed by atoms with Crippen LogP contribution in [0.1, 0.15) is 219 Å². The Balaban J connectivity index is -0.000000328. The van der Waals surface area contributed by atoms with E-state index in [0.29, 0.717) is 12.8 Å². The largest absolute Gasteiger partial charge is 0.481 e. The average Bonchev–Trinajstić information content (AvgIpc) is 2.93. The molecule has 0 saturated heterocycles. The summed E-state index contributed by atoms with van der Waals surface area (Å²) in [6.45, 7) is 4.54. The van der Waals surface area contributed by atoms with Crippen LogP contribution in [0.4, 0.5) is 0 Å². The molecule has 0 amide bonds. The van der Waals surface area contributed by atoms with Crippen molar-refractivity contribution < 1.29 is 39.3 Å². The maximum absolute atomic E-state index is 10.3. The van der Waals surface area contributed by atoms with Gasteiger partial charge in [-0.25, -0.2) is 0 Å². The van der Waals surface area contributed by atoms with Gasteiger partial charge in [-0.3, -0.25) is 9.59 Å². The van der Waals surface area contributed by atoms with Gasteiger partial charge in [0, 0.05) is 32.3 Å². The van der Waals surface area contributed by atoms with Gasteiger partial charge in [0.2, 0.25) is 0 Å². The van der Waals surface area contributed by atoms with Gasteiger partial charge in [0.1, 0.15) is 0 Å². The van der Waals surface area contributed by atoms with Crippen LogP contribution in [0.3, 0.4) is 0 Å². The quantitative estimate of drug-likeness (QED) is 0.0555. The van der Waals surface area contributed by atoms with Crippen LogP contribution in [0.5, 0.6) is 0 Å². The minimum absolute atomic E-state index is 0. The van der Waals surface area contributed by atoms with E-state index in [1.165, 1.54) is 167 Å². The first-order valence-corrected chi connectivity index (χ1v) is 18.0. The van der Waals surface area contributed by atoms with Crippen molar-refractivity contribution in [1.82, 2.24) is 0 Å². The fourth-order valence-electron chi connectivity index (χ4n) is 5.30. The smallest absolute Gasteiger partial charge is 0.303 e.